The number of hydrogen-bond acceptors (Lipinski definition) is 8. The number of quaternary nitrogens is 1. The molecule has 1 aliphatic carbocycles. The van der Waals surface area contributed by atoms with Crippen LogP contribution < -0.4 is 15.0 Å². The number of alkyl halides is 1. The smallest absolute Gasteiger partial charge is 0.318 e. The van der Waals surface area contributed by atoms with Crippen molar-refractivity contribution < 1.29 is 24.0 Å². The Balaban J connectivity index is 1.12. The van der Waals surface area contributed by atoms with Crippen molar-refractivity contribution in [2.75, 3.05) is 57.3 Å². The lowest BCUT2D eigenvalue weighted by Gasteiger charge is -2.37. The number of halogens is 2. The molecule has 12 heteroatoms. The summed E-state index contributed by atoms with van der Waals surface area (Å²) in [6.07, 6.45) is 8.51. The van der Waals surface area contributed by atoms with Crippen molar-refractivity contribution in [1.82, 2.24) is 19.8 Å². The number of nitrogens with two attached hydrogens (primary N) is 1. The molecule has 47 heavy (non-hydrogen) atoms. The number of hydrogen-bond donors (Lipinski definition) is 2. The minimum Gasteiger partial charge on any atom is -0.461 e. The van der Waals surface area contributed by atoms with Crippen LogP contribution in [0, 0.1) is 5.41 Å². The number of fused-ring (bicyclic) bond motifs is 4. The molecule has 0 radical (unpaired) electrons. The number of nitrogens with one attached hydrogen (secondary N) is 1. The highest BCUT2D eigenvalue weighted by Gasteiger charge is 2.50. The number of carbonyl (C=O) groups is 1. The molecule has 2 aromatic rings. The monoisotopic (exact) mass is 664 g/mol. The summed E-state index contributed by atoms with van der Waals surface area (Å²) in [5, 5.41) is 11.5. The predicted octanol–water partition coefficient (Wildman–Crippen LogP) is 3.30. The zero-order valence-corrected chi connectivity index (χ0v) is 27.7. The molecule has 1 aromatic carbocycles. The fraction of sp³-hybridized carbons (Fsp3) is 0.600. The molecule has 0 unspecified atom stereocenters. The molecule has 1 spiro atoms. The van der Waals surface area contributed by atoms with Gasteiger partial charge in [-0.3, -0.25) is 15.1 Å². The summed E-state index contributed by atoms with van der Waals surface area (Å²) in [4.78, 5) is 29.3. The van der Waals surface area contributed by atoms with Crippen LogP contribution in [0.2, 0.25) is 5.02 Å². The highest BCUT2D eigenvalue weighted by Crippen LogP contribution is 2.49. The first kappa shape index (κ1) is 31.2. The van der Waals surface area contributed by atoms with E-state index in [0.29, 0.717) is 45.2 Å². The standard InChI is InChI=1S/C35H43ClFN7O3/c36-28-7-3-6-27-25(28)8-10-35(27)18-30-26(21-47-35)31(41-33(40-30)46-22-34-9-4-15-44(34)19-23(37)17-34)43-14-5-11-39-24(20-43)16-29(38)32(45)42-12-1-2-13-42/h3,6-7,16,23,38-39H,1-2,4-5,8-15,17-22H2/p+1/b24-16-,38-29?/t23-,34+,35+/m1/s1. The minimum absolute atomic E-state index is 0.0284. The Morgan fingerprint density at radius 1 is 1.15 bits per heavy atom. The summed E-state index contributed by atoms with van der Waals surface area (Å²) in [7, 11) is 0. The van der Waals surface area contributed by atoms with Crippen LogP contribution in [-0.2, 0) is 34.6 Å². The molecule has 5 aliphatic heterocycles. The lowest BCUT2D eigenvalue weighted by molar-refractivity contribution is -0.604. The van der Waals surface area contributed by atoms with Gasteiger partial charge < -0.3 is 24.6 Å². The third kappa shape index (κ3) is 5.72. The number of aromatic nitrogens is 2. The van der Waals surface area contributed by atoms with Crippen LogP contribution in [0.5, 0.6) is 6.01 Å². The van der Waals surface area contributed by atoms with E-state index in [0.717, 1.165) is 117 Å². The normalized spacial score (nSPS) is 29.7. The predicted molar refractivity (Wildman–Crippen MR) is 176 cm³/mol. The van der Waals surface area contributed by atoms with E-state index in [-0.39, 0.29) is 17.2 Å². The Morgan fingerprint density at radius 3 is 2.89 bits per heavy atom. The SMILES string of the molecule is N=C(/C=C1/CN(c2nc(OC[C@@]34CCCN3C[C@H](F)C4)nc3c2CO[C@@]2(CCc4c(Cl)cccc42)C3)CCC[NH2+]1)C(=O)N1CCCC1. The quantitative estimate of drug-likeness (QED) is 0.456. The largest absolute Gasteiger partial charge is 0.461 e. The van der Waals surface area contributed by atoms with Crippen LogP contribution in [0.3, 0.4) is 0 Å². The van der Waals surface area contributed by atoms with Gasteiger partial charge in [-0.2, -0.15) is 9.97 Å². The van der Waals surface area contributed by atoms with E-state index in [2.05, 4.69) is 21.2 Å². The van der Waals surface area contributed by atoms with Crippen LogP contribution in [0.25, 0.3) is 0 Å². The van der Waals surface area contributed by atoms with Gasteiger partial charge >= 0.3 is 6.01 Å². The number of nitrogens with zero attached hydrogens (tertiary/aromatic N) is 5. The van der Waals surface area contributed by atoms with E-state index in [9.17, 15) is 9.18 Å². The van der Waals surface area contributed by atoms with Gasteiger partial charge in [0, 0.05) is 62.1 Å². The third-order valence-electron chi connectivity index (χ3n) is 11.3. The van der Waals surface area contributed by atoms with Crippen LogP contribution in [0.4, 0.5) is 10.2 Å². The zero-order valence-electron chi connectivity index (χ0n) is 26.9. The number of ether oxygens (including phenoxy) is 2. The Bertz CT molecular complexity index is 1620. The van der Waals surface area contributed by atoms with E-state index < -0.39 is 11.8 Å². The summed E-state index contributed by atoms with van der Waals surface area (Å²) < 4.78 is 27.8. The van der Waals surface area contributed by atoms with Gasteiger partial charge in [0.25, 0.3) is 5.91 Å². The van der Waals surface area contributed by atoms with Gasteiger partial charge in [-0.25, -0.2) is 4.39 Å². The Labute approximate surface area is 280 Å². The second-order valence-corrected chi connectivity index (χ2v) is 14.7. The summed E-state index contributed by atoms with van der Waals surface area (Å²) in [5.74, 6) is 0.575. The van der Waals surface area contributed by atoms with Gasteiger partial charge in [0.2, 0.25) is 0 Å². The molecule has 10 nitrogen and oxygen atoms in total. The molecule has 250 valence electrons. The van der Waals surface area contributed by atoms with Crippen molar-refractivity contribution in [3.8, 4) is 6.01 Å². The number of carbonyl (C=O) groups excluding carboxylic acids is 1. The van der Waals surface area contributed by atoms with Gasteiger partial charge in [0.1, 0.15) is 30.0 Å². The highest BCUT2D eigenvalue weighted by atomic mass is 35.5. The van der Waals surface area contributed by atoms with Gasteiger partial charge in [0.05, 0.1) is 36.5 Å². The number of amides is 1. The maximum absolute atomic E-state index is 14.6. The van der Waals surface area contributed by atoms with E-state index >= 15 is 0 Å². The number of benzene rings is 1. The lowest BCUT2D eigenvalue weighted by Crippen LogP contribution is -2.82. The van der Waals surface area contributed by atoms with Gasteiger partial charge in [0.15, 0.2) is 0 Å². The van der Waals surface area contributed by atoms with E-state index in [1.54, 1.807) is 11.0 Å². The molecule has 0 saturated carbocycles. The number of likely N-dealkylation sites (tertiary alicyclic amines) is 1. The van der Waals surface area contributed by atoms with Crippen molar-refractivity contribution in [3.63, 3.8) is 0 Å². The van der Waals surface area contributed by atoms with Crippen LogP contribution in [0.15, 0.2) is 30.0 Å². The summed E-state index contributed by atoms with van der Waals surface area (Å²) in [5.41, 5.74) is 4.29. The van der Waals surface area contributed by atoms with E-state index in [1.807, 2.05) is 12.1 Å². The van der Waals surface area contributed by atoms with E-state index in [1.165, 1.54) is 0 Å². The lowest BCUT2D eigenvalue weighted by atomic mass is 9.87. The summed E-state index contributed by atoms with van der Waals surface area (Å²) in [6, 6.07) is 6.38. The van der Waals surface area contributed by atoms with Crippen LogP contribution in [0.1, 0.15) is 67.3 Å². The molecule has 4 fully saturated rings. The molecule has 3 N–H and O–H groups in total. The van der Waals surface area contributed by atoms with Crippen molar-refractivity contribution in [2.45, 2.75) is 81.7 Å². The van der Waals surface area contributed by atoms with Crippen molar-refractivity contribution in [1.29, 1.82) is 5.41 Å². The molecule has 0 bridgehead atoms. The maximum Gasteiger partial charge on any atom is 0.318 e. The Morgan fingerprint density at radius 2 is 2.02 bits per heavy atom. The van der Waals surface area contributed by atoms with Crippen molar-refractivity contribution in [3.05, 3.63) is 57.4 Å². The molecule has 1 aromatic heterocycles. The molecule has 3 atom stereocenters. The molecule has 6 heterocycles. The second kappa shape index (κ2) is 12.4. The van der Waals surface area contributed by atoms with Gasteiger partial charge in [-0.1, -0.05) is 23.7 Å². The minimum atomic E-state index is -0.834. The zero-order chi connectivity index (χ0) is 32.2. The maximum atomic E-state index is 14.6. The summed E-state index contributed by atoms with van der Waals surface area (Å²) in [6.45, 7) is 5.66. The molecule has 6 aliphatic rings. The molecular formula is C35H44ClFN7O3+. The van der Waals surface area contributed by atoms with E-state index in [4.69, 9.17) is 36.5 Å². The Kier molecular flexibility index (Phi) is 8.22. The first-order valence-electron chi connectivity index (χ1n) is 17.3. The van der Waals surface area contributed by atoms with Gasteiger partial charge in [-0.05, 0) is 62.3 Å². The van der Waals surface area contributed by atoms with Gasteiger partial charge in [-0.15, -0.1) is 0 Å². The average molecular weight is 665 g/mol. The first-order chi connectivity index (χ1) is 22.8. The molecular weight excluding hydrogens is 621 g/mol. The van der Waals surface area contributed by atoms with Crippen molar-refractivity contribution >= 4 is 29.0 Å². The van der Waals surface area contributed by atoms with Crippen LogP contribution >= 0.6 is 11.6 Å². The number of anilines is 1. The highest BCUT2D eigenvalue weighted by molar-refractivity contribution is 6.42. The third-order valence-corrected chi connectivity index (χ3v) is 11.6. The fourth-order valence-corrected chi connectivity index (χ4v) is 9.16. The first-order valence-corrected chi connectivity index (χ1v) is 17.7. The van der Waals surface area contributed by atoms with Crippen LogP contribution in [-0.4, -0.2) is 95.5 Å². The fourth-order valence-electron chi connectivity index (χ4n) is 8.89. The second-order valence-electron chi connectivity index (χ2n) is 14.2. The topological polar surface area (TPSA) is 111 Å². The molecule has 1 amide bonds. The summed E-state index contributed by atoms with van der Waals surface area (Å²) >= 11 is 6.62. The van der Waals surface area contributed by atoms with Crippen molar-refractivity contribution in [2.24, 2.45) is 0 Å². The average Bonchev–Trinajstić information content (AvgIpc) is 3.83. The number of rotatable bonds is 6. The molecule has 8 rings (SSSR count). The molecule has 4 saturated heterocycles. The Hall–Kier alpha value is -3.12.